The minimum atomic E-state index is -3.61. The van der Waals surface area contributed by atoms with E-state index in [0.717, 1.165) is 44.3 Å². The molecule has 0 unspecified atom stereocenters. The van der Waals surface area contributed by atoms with Crippen molar-refractivity contribution in [2.75, 3.05) is 19.6 Å². The van der Waals surface area contributed by atoms with Crippen LogP contribution < -0.4 is 4.72 Å². The van der Waals surface area contributed by atoms with Crippen LogP contribution in [-0.4, -0.2) is 37.9 Å². The quantitative estimate of drug-likeness (QED) is 0.332. The zero-order valence-corrected chi connectivity index (χ0v) is 18.6. The largest absolute Gasteiger partial charge is 0.299 e. The molecule has 0 saturated carbocycles. The number of rotatable bonds is 9. The summed E-state index contributed by atoms with van der Waals surface area (Å²) < 4.78 is 27.2. The molecule has 0 amide bonds. The number of nitrogens with zero attached hydrogens (tertiary/aromatic N) is 2. The molecule has 1 aliphatic heterocycles. The van der Waals surface area contributed by atoms with Crippen LogP contribution in [0.2, 0.25) is 10.0 Å². The van der Waals surface area contributed by atoms with Crippen molar-refractivity contribution in [3.63, 3.8) is 0 Å². The van der Waals surface area contributed by atoms with E-state index in [2.05, 4.69) is 9.62 Å². The third kappa shape index (κ3) is 5.92. The van der Waals surface area contributed by atoms with Gasteiger partial charge in [0.1, 0.15) is 0 Å². The lowest BCUT2D eigenvalue weighted by Gasteiger charge is -2.28. The molecule has 30 heavy (non-hydrogen) atoms. The summed E-state index contributed by atoms with van der Waals surface area (Å²) in [6, 6.07) is 9.31. The summed E-state index contributed by atoms with van der Waals surface area (Å²) in [6.45, 7) is 2.86. The average molecular weight is 472 g/mol. The summed E-state index contributed by atoms with van der Waals surface area (Å²) >= 11 is 11.7. The summed E-state index contributed by atoms with van der Waals surface area (Å²) in [5, 5.41) is 11.5. The smallest absolute Gasteiger partial charge is 0.269 e. The second-order valence-corrected chi connectivity index (χ2v) is 9.85. The second kappa shape index (κ2) is 10.1. The lowest BCUT2D eigenvalue weighted by atomic mass is 9.99. The Labute approximate surface area is 186 Å². The highest BCUT2D eigenvalue weighted by molar-refractivity contribution is 7.89. The maximum Gasteiger partial charge on any atom is 0.269 e. The maximum absolute atomic E-state index is 12.3. The third-order valence-electron chi connectivity index (χ3n) is 5.14. The van der Waals surface area contributed by atoms with Crippen molar-refractivity contribution in [3.8, 4) is 0 Å². The number of sulfonamides is 1. The van der Waals surface area contributed by atoms with E-state index in [1.807, 2.05) is 6.07 Å². The van der Waals surface area contributed by atoms with E-state index >= 15 is 0 Å². The van der Waals surface area contributed by atoms with Crippen LogP contribution in [-0.2, 0) is 23.0 Å². The number of fused-ring (bicyclic) bond motifs is 1. The van der Waals surface area contributed by atoms with Crippen molar-refractivity contribution >= 4 is 38.9 Å². The Morgan fingerprint density at radius 3 is 2.57 bits per heavy atom. The van der Waals surface area contributed by atoms with Gasteiger partial charge in [-0.15, -0.1) is 0 Å². The van der Waals surface area contributed by atoms with Gasteiger partial charge in [0, 0.05) is 31.8 Å². The molecule has 162 valence electrons. The van der Waals surface area contributed by atoms with Crippen LogP contribution in [0.25, 0.3) is 0 Å². The molecule has 3 rings (SSSR count). The molecule has 7 nitrogen and oxygen atoms in total. The van der Waals surface area contributed by atoms with E-state index in [1.165, 1.54) is 23.8 Å². The van der Waals surface area contributed by atoms with E-state index in [-0.39, 0.29) is 20.5 Å². The number of hydrogen-bond donors (Lipinski definition) is 1. The van der Waals surface area contributed by atoms with Crippen molar-refractivity contribution in [2.24, 2.45) is 0 Å². The first-order valence-electron chi connectivity index (χ1n) is 9.69. The lowest BCUT2D eigenvalue weighted by Crippen LogP contribution is -2.31. The number of nitro groups is 1. The van der Waals surface area contributed by atoms with Crippen molar-refractivity contribution in [1.29, 1.82) is 0 Å². The first-order valence-corrected chi connectivity index (χ1v) is 11.9. The topological polar surface area (TPSA) is 92.6 Å². The molecule has 0 radical (unpaired) electrons. The highest BCUT2D eigenvalue weighted by Crippen LogP contribution is 2.25. The number of benzene rings is 2. The van der Waals surface area contributed by atoms with E-state index in [0.29, 0.717) is 18.1 Å². The maximum atomic E-state index is 12.3. The zero-order chi connectivity index (χ0) is 21.7. The molecule has 0 atom stereocenters. The van der Waals surface area contributed by atoms with Crippen LogP contribution in [0, 0.1) is 10.1 Å². The molecule has 10 heteroatoms. The van der Waals surface area contributed by atoms with Crippen LogP contribution >= 0.6 is 23.2 Å². The van der Waals surface area contributed by atoms with Crippen molar-refractivity contribution in [2.45, 2.75) is 37.1 Å². The molecule has 1 N–H and O–H groups in total. The monoisotopic (exact) mass is 471 g/mol. The SMILES string of the molecule is O=[N+]([O-])c1ccc2c(c1)CN(CCCCCNS(=O)(=O)c1ccc(Cl)c(Cl)c1)CC2. The Kier molecular flexibility index (Phi) is 7.70. The standard InChI is InChI=1S/C20H23Cl2N3O4S/c21-19-7-6-18(13-20(19)22)30(28,29)23-9-2-1-3-10-24-11-8-15-4-5-17(25(26)27)12-16(15)14-24/h4-7,12-13,23H,1-3,8-11,14H2. The second-order valence-electron chi connectivity index (χ2n) is 7.27. The summed E-state index contributed by atoms with van der Waals surface area (Å²) in [7, 11) is -3.61. The summed E-state index contributed by atoms with van der Waals surface area (Å²) in [4.78, 5) is 13.0. The molecule has 0 aliphatic carbocycles. The Morgan fingerprint density at radius 1 is 1.03 bits per heavy atom. The molecule has 1 heterocycles. The van der Waals surface area contributed by atoms with E-state index in [9.17, 15) is 18.5 Å². The first kappa shape index (κ1) is 23.0. The van der Waals surface area contributed by atoms with Gasteiger partial charge in [0.05, 0.1) is 19.9 Å². The lowest BCUT2D eigenvalue weighted by molar-refractivity contribution is -0.385. The molecule has 0 bridgehead atoms. The highest BCUT2D eigenvalue weighted by atomic mass is 35.5. The molecular formula is C20H23Cl2N3O4S. The molecule has 0 aromatic heterocycles. The Balaban J connectivity index is 1.40. The van der Waals surface area contributed by atoms with Crippen molar-refractivity contribution < 1.29 is 13.3 Å². The molecule has 1 aliphatic rings. The minimum absolute atomic E-state index is 0.0953. The van der Waals surface area contributed by atoms with Crippen molar-refractivity contribution in [3.05, 3.63) is 67.7 Å². The summed E-state index contributed by atoms with van der Waals surface area (Å²) in [5.41, 5.74) is 2.32. The van der Waals surface area contributed by atoms with Gasteiger partial charge in [0.25, 0.3) is 5.69 Å². The van der Waals surface area contributed by atoms with Crippen LogP contribution in [0.4, 0.5) is 5.69 Å². The van der Waals surface area contributed by atoms with Gasteiger partial charge in [-0.05, 0) is 55.1 Å². The van der Waals surface area contributed by atoms with Gasteiger partial charge in [-0.25, -0.2) is 13.1 Å². The third-order valence-corrected chi connectivity index (χ3v) is 7.33. The van der Waals surface area contributed by atoms with Crippen molar-refractivity contribution in [1.82, 2.24) is 9.62 Å². The summed E-state index contributed by atoms with van der Waals surface area (Å²) in [5.74, 6) is 0. The minimum Gasteiger partial charge on any atom is -0.299 e. The van der Waals surface area contributed by atoms with Gasteiger partial charge < -0.3 is 0 Å². The molecule has 2 aromatic carbocycles. The Morgan fingerprint density at radius 2 is 1.83 bits per heavy atom. The van der Waals surface area contributed by atoms with Gasteiger partial charge in [-0.1, -0.05) is 35.7 Å². The average Bonchev–Trinajstić information content (AvgIpc) is 2.71. The van der Waals surface area contributed by atoms with E-state index < -0.39 is 10.0 Å². The Hall–Kier alpha value is -1.71. The normalized spacial score (nSPS) is 14.5. The fourth-order valence-corrected chi connectivity index (χ4v) is 4.94. The number of non-ortho nitro benzene ring substituents is 1. The van der Waals surface area contributed by atoms with Crippen LogP contribution in [0.5, 0.6) is 0 Å². The number of nitro benzene ring substituents is 1. The fraction of sp³-hybridized carbons (Fsp3) is 0.400. The number of halogens is 2. The number of nitrogens with one attached hydrogen (secondary N) is 1. The Bertz CT molecular complexity index is 1030. The predicted molar refractivity (Wildman–Crippen MR) is 118 cm³/mol. The van der Waals surface area contributed by atoms with Crippen LogP contribution in [0.1, 0.15) is 30.4 Å². The van der Waals surface area contributed by atoms with Gasteiger partial charge in [-0.3, -0.25) is 15.0 Å². The van der Waals surface area contributed by atoms with E-state index in [4.69, 9.17) is 23.2 Å². The first-order chi connectivity index (χ1) is 14.3. The number of unbranched alkanes of at least 4 members (excludes halogenated alkanes) is 2. The van der Waals surface area contributed by atoms with Gasteiger partial charge in [0.2, 0.25) is 10.0 Å². The molecule has 2 aromatic rings. The summed E-state index contributed by atoms with van der Waals surface area (Å²) in [6.07, 6.45) is 3.41. The van der Waals surface area contributed by atoms with Gasteiger partial charge in [-0.2, -0.15) is 0 Å². The number of hydrogen-bond acceptors (Lipinski definition) is 5. The zero-order valence-electron chi connectivity index (χ0n) is 16.3. The molecule has 0 saturated heterocycles. The van der Waals surface area contributed by atoms with E-state index in [1.54, 1.807) is 12.1 Å². The van der Waals surface area contributed by atoms with Crippen LogP contribution in [0.15, 0.2) is 41.3 Å². The highest BCUT2D eigenvalue weighted by Gasteiger charge is 2.19. The molecule has 0 spiro atoms. The van der Waals surface area contributed by atoms with Gasteiger partial charge >= 0.3 is 0 Å². The molecular weight excluding hydrogens is 449 g/mol. The van der Waals surface area contributed by atoms with Crippen LogP contribution in [0.3, 0.4) is 0 Å². The molecule has 0 fully saturated rings. The van der Waals surface area contributed by atoms with Gasteiger partial charge in [0.15, 0.2) is 0 Å². The predicted octanol–water partition coefficient (Wildman–Crippen LogP) is 4.41. The fourth-order valence-electron chi connectivity index (χ4n) is 3.48.